The Morgan fingerprint density at radius 1 is 1.06 bits per heavy atom. The zero-order valence-electron chi connectivity index (χ0n) is 20.2. The number of aromatic nitrogens is 1. The second-order valence-electron chi connectivity index (χ2n) is 7.68. The Kier molecular flexibility index (Phi) is 7.07. The van der Waals surface area contributed by atoms with Crippen LogP contribution in [0.4, 0.5) is 0 Å². The van der Waals surface area contributed by atoms with Crippen LogP contribution in [0.5, 0.6) is 17.2 Å². The van der Waals surface area contributed by atoms with Gasteiger partial charge in [0.05, 0.1) is 49.8 Å². The summed E-state index contributed by atoms with van der Waals surface area (Å²) in [5.41, 5.74) is 2.05. The lowest BCUT2D eigenvalue weighted by molar-refractivity contribution is -0.139. The number of fused-ring (bicyclic) bond motifs is 1. The van der Waals surface area contributed by atoms with E-state index in [-0.39, 0.29) is 12.2 Å². The van der Waals surface area contributed by atoms with Gasteiger partial charge in [0.25, 0.3) is 5.56 Å². The van der Waals surface area contributed by atoms with Crippen LogP contribution in [0.25, 0.3) is 6.08 Å². The van der Waals surface area contributed by atoms with Crippen LogP contribution in [-0.2, 0) is 9.53 Å². The topological polar surface area (TPSA) is 88.4 Å². The van der Waals surface area contributed by atoms with Crippen LogP contribution in [0.1, 0.15) is 31.0 Å². The SMILES string of the molecule is CCOC(=O)C1=C(C)N=c2s/c(=C/c3ccc(OC)cc3OC)c(=O)n2[C@H]1c1ccc(OC)cc1. The lowest BCUT2D eigenvalue weighted by Crippen LogP contribution is -2.39. The molecule has 2 aromatic carbocycles. The third-order valence-electron chi connectivity index (χ3n) is 5.68. The van der Waals surface area contributed by atoms with Crippen LogP contribution >= 0.6 is 11.3 Å². The standard InChI is InChI=1S/C26H26N2O6S/c1-6-34-25(30)22-15(2)27-26-28(23(22)16-7-10-18(31-3)11-8-16)24(29)21(35-26)13-17-9-12-19(32-4)14-20(17)33-5/h7-14,23H,6H2,1-5H3/b21-13+/t23-/m0/s1. The number of hydrogen-bond donors (Lipinski definition) is 0. The minimum absolute atomic E-state index is 0.215. The molecule has 4 rings (SSSR count). The molecule has 2 heterocycles. The Morgan fingerprint density at radius 2 is 1.74 bits per heavy atom. The van der Waals surface area contributed by atoms with E-state index in [1.54, 1.807) is 70.1 Å². The lowest BCUT2D eigenvalue weighted by Gasteiger charge is -2.24. The number of benzene rings is 2. The van der Waals surface area contributed by atoms with Crippen molar-refractivity contribution in [3.63, 3.8) is 0 Å². The fraction of sp³-hybridized carbons (Fsp3) is 0.269. The van der Waals surface area contributed by atoms with Crippen LogP contribution in [0, 0.1) is 0 Å². The summed E-state index contributed by atoms with van der Waals surface area (Å²) in [5, 5.41) is 0. The maximum absolute atomic E-state index is 13.7. The summed E-state index contributed by atoms with van der Waals surface area (Å²) in [5.74, 6) is 1.40. The zero-order chi connectivity index (χ0) is 25.1. The van der Waals surface area contributed by atoms with Crippen molar-refractivity contribution < 1.29 is 23.7 Å². The van der Waals surface area contributed by atoms with Gasteiger partial charge in [-0.3, -0.25) is 9.36 Å². The molecule has 35 heavy (non-hydrogen) atoms. The second kappa shape index (κ2) is 10.2. The average molecular weight is 495 g/mol. The largest absolute Gasteiger partial charge is 0.497 e. The molecule has 1 aromatic heterocycles. The second-order valence-corrected chi connectivity index (χ2v) is 8.69. The third-order valence-corrected chi connectivity index (χ3v) is 6.66. The molecule has 0 bridgehead atoms. The molecule has 0 aliphatic carbocycles. The fourth-order valence-corrected chi connectivity index (χ4v) is 5.01. The van der Waals surface area contributed by atoms with Crippen molar-refractivity contribution in [2.75, 3.05) is 27.9 Å². The lowest BCUT2D eigenvalue weighted by atomic mass is 9.96. The van der Waals surface area contributed by atoms with Gasteiger partial charge < -0.3 is 18.9 Å². The zero-order valence-corrected chi connectivity index (χ0v) is 21.0. The van der Waals surface area contributed by atoms with Crippen LogP contribution in [0.15, 0.2) is 63.5 Å². The van der Waals surface area contributed by atoms with Gasteiger partial charge in [-0.15, -0.1) is 0 Å². The molecular formula is C26H26N2O6S. The molecule has 0 unspecified atom stereocenters. The Hall–Kier alpha value is -3.85. The molecule has 0 radical (unpaired) electrons. The maximum Gasteiger partial charge on any atom is 0.338 e. The number of allylic oxidation sites excluding steroid dienone is 1. The minimum Gasteiger partial charge on any atom is -0.497 e. The first-order chi connectivity index (χ1) is 16.9. The summed E-state index contributed by atoms with van der Waals surface area (Å²) in [6, 6.07) is 12.0. The number of thiazole rings is 1. The van der Waals surface area contributed by atoms with Crippen molar-refractivity contribution in [3.05, 3.63) is 84.5 Å². The van der Waals surface area contributed by atoms with Crippen molar-refractivity contribution in [2.45, 2.75) is 19.9 Å². The Labute approximate surface area is 206 Å². The van der Waals surface area contributed by atoms with E-state index >= 15 is 0 Å². The molecule has 8 nitrogen and oxygen atoms in total. The summed E-state index contributed by atoms with van der Waals surface area (Å²) in [6.45, 7) is 3.71. The Bertz CT molecular complexity index is 1470. The molecule has 9 heteroatoms. The van der Waals surface area contributed by atoms with Gasteiger partial charge in [-0.2, -0.15) is 0 Å². The molecule has 0 saturated heterocycles. The smallest absolute Gasteiger partial charge is 0.338 e. The van der Waals surface area contributed by atoms with E-state index in [1.165, 1.54) is 11.3 Å². The van der Waals surface area contributed by atoms with E-state index in [2.05, 4.69) is 4.99 Å². The van der Waals surface area contributed by atoms with Gasteiger partial charge in [0.2, 0.25) is 0 Å². The third kappa shape index (κ3) is 4.59. The minimum atomic E-state index is -0.684. The first kappa shape index (κ1) is 24.3. The molecule has 0 fully saturated rings. The van der Waals surface area contributed by atoms with Crippen LogP contribution < -0.4 is 29.1 Å². The highest BCUT2D eigenvalue weighted by atomic mass is 32.1. The van der Waals surface area contributed by atoms with E-state index in [0.29, 0.717) is 37.9 Å². The number of hydrogen-bond acceptors (Lipinski definition) is 8. The monoisotopic (exact) mass is 494 g/mol. The van der Waals surface area contributed by atoms with E-state index < -0.39 is 12.0 Å². The summed E-state index contributed by atoms with van der Waals surface area (Å²) in [7, 11) is 4.72. The van der Waals surface area contributed by atoms with Gasteiger partial charge >= 0.3 is 5.97 Å². The summed E-state index contributed by atoms with van der Waals surface area (Å²) < 4.78 is 23.4. The van der Waals surface area contributed by atoms with Crippen molar-refractivity contribution in [2.24, 2.45) is 4.99 Å². The van der Waals surface area contributed by atoms with E-state index in [9.17, 15) is 9.59 Å². The van der Waals surface area contributed by atoms with Gasteiger partial charge in [0.1, 0.15) is 17.2 Å². The fourth-order valence-electron chi connectivity index (χ4n) is 3.97. The molecule has 0 spiro atoms. The Balaban J connectivity index is 1.93. The van der Waals surface area contributed by atoms with Gasteiger partial charge in [0, 0.05) is 11.6 Å². The quantitative estimate of drug-likeness (QED) is 0.470. The highest BCUT2D eigenvalue weighted by Gasteiger charge is 2.33. The van der Waals surface area contributed by atoms with Gasteiger partial charge in [0.15, 0.2) is 4.80 Å². The first-order valence-corrected chi connectivity index (χ1v) is 11.8. The molecular weight excluding hydrogens is 468 g/mol. The average Bonchev–Trinajstić information content (AvgIpc) is 3.17. The van der Waals surface area contributed by atoms with E-state index in [0.717, 1.165) is 11.1 Å². The maximum atomic E-state index is 13.7. The molecule has 0 amide bonds. The number of nitrogens with zero attached hydrogens (tertiary/aromatic N) is 2. The molecule has 0 saturated carbocycles. The highest BCUT2D eigenvalue weighted by molar-refractivity contribution is 7.07. The predicted molar refractivity (Wildman–Crippen MR) is 133 cm³/mol. The van der Waals surface area contributed by atoms with Gasteiger partial charge in [-0.25, -0.2) is 9.79 Å². The van der Waals surface area contributed by atoms with Crippen LogP contribution in [-0.4, -0.2) is 38.5 Å². The van der Waals surface area contributed by atoms with Crippen molar-refractivity contribution in [3.8, 4) is 17.2 Å². The number of ether oxygens (including phenoxy) is 4. The predicted octanol–water partition coefficient (Wildman–Crippen LogP) is 2.82. The summed E-state index contributed by atoms with van der Waals surface area (Å²) >= 11 is 1.25. The number of carbonyl (C=O) groups excluding carboxylic acids is 1. The normalized spacial score (nSPS) is 15.3. The summed E-state index contributed by atoms with van der Waals surface area (Å²) in [4.78, 5) is 31.8. The van der Waals surface area contributed by atoms with Crippen molar-refractivity contribution >= 4 is 23.4 Å². The van der Waals surface area contributed by atoms with E-state index in [4.69, 9.17) is 18.9 Å². The molecule has 3 aromatic rings. The van der Waals surface area contributed by atoms with Crippen molar-refractivity contribution in [1.82, 2.24) is 4.57 Å². The van der Waals surface area contributed by atoms with Crippen LogP contribution in [0.3, 0.4) is 0 Å². The number of methoxy groups -OCH3 is 3. The van der Waals surface area contributed by atoms with Crippen LogP contribution in [0.2, 0.25) is 0 Å². The van der Waals surface area contributed by atoms with Gasteiger partial charge in [-0.1, -0.05) is 23.5 Å². The molecule has 0 N–H and O–H groups in total. The molecule has 182 valence electrons. The number of esters is 1. The van der Waals surface area contributed by atoms with Crippen molar-refractivity contribution in [1.29, 1.82) is 0 Å². The molecule has 1 atom stereocenters. The van der Waals surface area contributed by atoms with Gasteiger partial charge in [-0.05, 0) is 49.8 Å². The van der Waals surface area contributed by atoms with E-state index in [1.807, 2.05) is 18.2 Å². The number of rotatable bonds is 7. The molecule has 1 aliphatic heterocycles. The highest BCUT2D eigenvalue weighted by Crippen LogP contribution is 2.31. The first-order valence-electron chi connectivity index (χ1n) is 11.0. The number of carbonyl (C=O) groups is 1. The summed E-state index contributed by atoms with van der Waals surface area (Å²) in [6.07, 6.45) is 1.76. The Morgan fingerprint density at radius 3 is 2.37 bits per heavy atom. The molecule has 1 aliphatic rings.